The highest BCUT2D eigenvalue weighted by Crippen LogP contribution is 2.32. The second-order valence-corrected chi connectivity index (χ2v) is 9.28. The van der Waals surface area contributed by atoms with E-state index in [9.17, 15) is 13.2 Å². The Bertz CT molecular complexity index is 1250. The number of anilines is 2. The number of carbonyl (C=O) groups is 1. The van der Waals surface area contributed by atoms with Crippen LogP contribution in [0.4, 0.5) is 11.4 Å². The lowest BCUT2D eigenvalue weighted by Gasteiger charge is -2.12. The number of nitrogens with one attached hydrogen (secondary N) is 2. The normalized spacial score (nSPS) is 13.2. The average Bonchev–Trinajstić information content (AvgIpc) is 3.01. The minimum Gasteiger partial charge on any atom is -0.490 e. The molecule has 0 atom stereocenters. The van der Waals surface area contributed by atoms with E-state index < -0.39 is 10.0 Å². The quantitative estimate of drug-likeness (QED) is 0.594. The van der Waals surface area contributed by atoms with Gasteiger partial charge in [-0.05, 0) is 73.5 Å². The summed E-state index contributed by atoms with van der Waals surface area (Å²) in [6.07, 6.45) is 0.735. The Hall–Kier alpha value is -3.52. The number of fused-ring (bicyclic) bond motifs is 1. The molecule has 1 aliphatic rings. The molecule has 2 N–H and O–H groups in total. The molecule has 1 aliphatic heterocycles. The fourth-order valence-corrected chi connectivity index (χ4v) is 4.31. The number of benzene rings is 3. The molecule has 0 aromatic heterocycles. The Morgan fingerprint density at radius 2 is 1.50 bits per heavy atom. The lowest BCUT2D eigenvalue weighted by atomic mass is 10.1. The van der Waals surface area contributed by atoms with Gasteiger partial charge in [0.15, 0.2) is 11.5 Å². The Labute approximate surface area is 187 Å². The van der Waals surface area contributed by atoms with Gasteiger partial charge in [0, 0.05) is 29.4 Å². The molecule has 0 fully saturated rings. The Balaban J connectivity index is 1.46. The van der Waals surface area contributed by atoms with E-state index >= 15 is 0 Å². The Kier molecular flexibility index (Phi) is 6.05. The third-order valence-electron chi connectivity index (χ3n) is 5.19. The van der Waals surface area contributed by atoms with Crippen LogP contribution in [-0.4, -0.2) is 27.5 Å². The first-order chi connectivity index (χ1) is 15.3. The van der Waals surface area contributed by atoms with Crippen LogP contribution in [0.3, 0.4) is 0 Å². The molecule has 3 aromatic carbocycles. The van der Waals surface area contributed by atoms with Crippen molar-refractivity contribution in [2.75, 3.05) is 23.3 Å². The maximum atomic E-state index is 12.8. The summed E-state index contributed by atoms with van der Waals surface area (Å²) < 4.78 is 39.3. The molecule has 1 amide bonds. The minimum absolute atomic E-state index is 0.0679. The maximum Gasteiger partial charge on any atom is 0.262 e. The van der Waals surface area contributed by atoms with Crippen molar-refractivity contribution in [1.29, 1.82) is 0 Å². The molecule has 0 bridgehead atoms. The first kappa shape index (κ1) is 21.7. The summed E-state index contributed by atoms with van der Waals surface area (Å²) in [7, 11) is -3.84. The first-order valence-corrected chi connectivity index (χ1v) is 11.7. The number of hydrogen-bond acceptors (Lipinski definition) is 5. The zero-order valence-corrected chi connectivity index (χ0v) is 18.7. The summed E-state index contributed by atoms with van der Waals surface area (Å²) in [6.45, 7) is 4.98. The highest BCUT2D eigenvalue weighted by Gasteiger charge is 2.19. The summed E-state index contributed by atoms with van der Waals surface area (Å²) in [5, 5.41) is 2.85. The van der Waals surface area contributed by atoms with Crippen molar-refractivity contribution in [2.24, 2.45) is 0 Å². The van der Waals surface area contributed by atoms with Gasteiger partial charge in [0.25, 0.3) is 15.9 Å². The van der Waals surface area contributed by atoms with Crippen LogP contribution in [0.15, 0.2) is 65.6 Å². The third-order valence-corrected chi connectivity index (χ3v) is 6.57. The number of rotatable bonds is 5. The van der Waals surface area contributed by atoms with Crippen molar-refractivity contribution in [3.05, 3.63) is 77.4 Å². The second kappa shape index (κ2) is 8.92. The SMILES string of the molecule is Cc1ccc(NC(=O)c2ccc(NS(=O)(=O)c3ccc4c(c3)OCCCO4)cc2)cc1C. The zero-order valence-electron chi connectivity index (χ0n) is 17.8. The van der Waals surface area contributed by atoms with Gasteiger partial charge < -0.3 is 14.8 Å². The summed E-state index contributed by atoms with van der Waals surface area (Å²) in [4.78, 5) is 12.6. The summed E-state index contributed by atoms with van der Waals surface area (Å²) in [6, 6.07) is 16.5. The molecular formula is C24H24N2O5S. The lowest BCUT2D eigenvalue weighted by Crippen LogP contribution is -2.14. The van der Waals surface area contributed by atoms with Gasteiger partial charge in [0.2, 0.25) is 0 Å². The average molecular weight is 453 g/mol. The van der Waals surface area contributed by atoms with Gasteiger partial charge in [-0.15, -0.1) is 0 Å². The van der Waals surface area contributed by atoms with Gasteiger partial charge in [-0.2, -0.15) is 0 Å². The molecule has 0 unspecified atom stereocenters. The predicted molar refractivity (Wildman–Crippen MR) is 123 cm³/mol. The molecule has 4 rings (SSSR count). The van der Waals surface area contributed by atoms with E-state index in [1.54, 1.807) is 30.3 Å². The molecule has 0 spiro atoms. The van der Waals surface area contributed by atoms with Crippen LogP contribution < -0.4 is 19.5 Å². The number of ether oxygens (including phenoxy) is 2. The van der Waals surface area contributed by atoms with Gasteiger partial charge >= 0.3 is 0 Å². The van der Waals surface area contributed by atoms with Crippen LogP contribution in [0.25, 0.3) is 0 Å². The van der Waals surface area contributed by atoms with E-state index in [-0.39, 0.29) is 10.8 Å². The van der Waals surface area contributed by atoms with Gasteiger partial charge in [-0.3, -0.25) is 9.52 Å². The number of carbonyl (C=O) groups excluding carboxylic acids is 1. The summed E-state index contributed by atoms with van der Waals surface area (Å²) in [5.41, 5.74) is 3.70. The first-order valence-electron chi connectivity index (χ1n) is 10.2. The summed E-state index contributed by atoms with van der Waals surface area (Å²) in [5.74, 6) is 0.662. The van der Waals surface area contributed by atoms with Gasteiger partial charge in [-0.1, -0.05) is 6.07 Å². The van der Waals surface area contributed by atoms with Crippen molar-refractivity contribution >= 4 is 27.3 Å². The maximum absolute atomic E-state index is 12.8. The molecule has 7 nitrogen and oxygen atoms in total. The van der Waals surface area contributed by atoms with Crippen molar-refractivity contribution < 1.29 is 22.7 Å². The van der Waals surface area contributed by atoms with Crippen LogP contribution >= 0.6 is 0 Å². The number of amides is 1. The van der Waals surface area contributed by atoms with Gasteiger partial charge in [-0.25, -0.2) is 8.42 Å². The van der Waals surface area contributed by atoms with Gasteiger partial charge in [0.1, 0.15) is 0 Å². The van der Waals surface area contributed by atoms with Crippen molar-refractivity contribution in [3.8, 4) is 11.5 Å². The molecule has 0 radical (unpaired) electrons. The topological polar surface area (TPSA) is 93.7 Å². The van der Waals surface area contributed by atoms with E-state index in [2.05, 4.69) is 10.0 Å². The highest BCUT2D eigenvalue weighted by molar-refractivity contribution is 7.92. The van der Waals surface area contributed by atoms with E-state index in [1.807, 2.05) is 32.0 Å². The van der Waals surface area contributed by atoms with Crippen LogP contribution in [0, 0.1) is 13.8 Å². The van der Waals surface area contributed by atoms with Gasteiger partial charge in [0.05, 0.1) is 18.1 Å². The standard InChI is InChI=1S/C24H24N2O5S/c1-16-4-7-20(14-17(16)2)25-24(27)18-5-8-19(9-6-18)26-32(28,29)21-10-11-22-23(15-21)31-13-3-12-30-22/h4-11,14-15,26H,3,12-13H2,1-2H3,(H,25,27). The molecule has 1 heterocycles. The van der Waals surface area contributed by atoms with E-state index in [0.29, 0.717) is 41.7 Å². The highest BCUT2D eigenvalue weighted by atomic mass is 32.2. The third kappa shape index (κ3) is 4.86. The summed E-state index contributed by atoms with van der Waals surface area (Å²) >= 11 is 0. The monoisotopic (exact) mass is 452 g/mol. The molecule has 32 heavy (non-hydrogen) atoms. The van der Waals surface area contributed by atoms with Crippen LogP contribution in [0.5, 0.6) is 11.5 Å². The van der Waals surface area contributed by atoms with Crippen LogP contribution in [-0.2, 0) is 10.0 Å². The smallest absolute Gasteiger partial charge is 0.262 e. The number of hydrogen-bond donors (Lipinski definition) is 2. The molecule has 166 valence electrons. The zero-order chi connectivity index (χ0) is 22.7. The molecular weight excluding hydrogens is 428 g/mol. The van der Waals surface area contributed by atoms with Crippen molar-refractivity contribution in [1.82, 2.24) is 0 Å². The number of aryl methyl sites for hydroxylation is 2. The molecule has 8 heteroatoms. The molecule has 0 saturated carbocycles. The Morgan fingerprint density at radius 3 is 2.22 bits per heavy atom. The number of sulfonamides is 1. The lowest BCUT2D eigenvalue weighted by molar-refractivity contribution is 0.102. The van der Waals surface area contributed by atoms with Crippen molar-refractivity contribution in [3.63, 3.8) is 0 Å². The molecule has 0 saturated heterocycles. The largest absolute Gasteiger partial charge is 0.490 e. The van der Waals surface area contributed by atoms with Crippen LogP contribution in [0.2, 0.25) is 0 Å². The molecule has 3 aromatic rings. The van der Waals surface area contributed by atoms with Crippen molar-refractivity contribution in [2.45, 2.75) is 25.2 Å². The fourth-order valence-electron chi connectivity index (χ4n) is 3.24. The minimum atomic E-state index is -3.84. The fraction of sp³-hybridized carbons (Fsp3) is 0.208. The van der Waals surface area contributed by atoms with E-state index in [0.717, 1.165) is 17.5 Å². The van der Waals surface area contributed by atoms with Crippen LogP contribution in [0.1, 0.15) is 27.9 Å². The second-order valence-electron chi connectivity index (χ2n) is 7.60. The molecule has 0 aliphatic carbocycles. The van der Waals surface area contributed by atoms with E-state index in [1.165, 1.54) is 12.1 Å². The van der Waals surface area contributed by atoms with E-state index in [4.69, 9.17) is 9.47 Å². The predicted octanol–water partition coefficient (Wildman–Crippen LogP) is 4.52. The Morgan fingerprint density at radius 1 is 0.812 bits per heavy atom.